The second kappa shape index (κ2) is 16.5. The van der Waals surface area contributed by atoms with Gasteiger partial charge in [-0.25, -0.2) is 18.2 Å². The van der Waals surface area contributed by atoms with Crippen molar-refractivity contribution in [3.05, 3.63) is 72.3 Å². The molecule has 17 nitrogen and oxygen atoms in total. The minimum atomic E-state index is -5.08. The van der Waals surface area contributed by atoms with E-state index in [9.17, 15) is 21.6 Å². The van der Waals surface area contributed by atoms with Crippen LogP contribution in [0.15, 0.2) is 66.7 Å². The van der Waals surface area contributed by atoms with Crippen molar-refractivity contribution < 1.29 is 50.8 Å². The summed E-state index contributed by atoms with van der Waals surface area (Å²) in [6, 6.07) is 22.0. The first-order chi connectivity index (χ1) is 26.8. The number of carbonyl (C=O) groups is 1. The number of para-hydroxylation sites is 1. The van der Waals surface area contributed by atoms with Gasteiger partial charge in [-0.3, -0.25) is 19.3 Å². The summed E-state index contributed by atoms with van der Waals surface area (Å²) in [4.78, 5) is 48.1. The SMILES string of the molecule is CS(=O)(=O)Nc1ccc(CCNc2nc(N3CCN(C4CN(c5ccc6c(c5)ON(C5CCONO5)O6)C4)CC3)nc3ccccc23)cc1.O=C(O)C(F)(F)F. The summed E-state index contributed by atoms with van der Waals surface area (Å²) in [6.45, 7) is 6.67. The van der Waals surface area contributed by atoms with Crippen LogP contribution in [-0.2, 0) is 30.9 Å². The van der Waals surface area contributed by atoms with Gasteiger partial charge >= 0.3 is 12.1 Å². The molecule has 1 unspecified atom stereocenters. The minimum absolute atomic E-state index is 0.399. The number of hydrogen-bond donors (Lipinski definition) is 4. The molecule has 0 amide bonds. The van der Waals surface area contributed by atoms with E-state index < -0.39 is 28.4 Å². The van der Waals surface area contributed by atoms with Crippen LogP contribution < -0.4 is 35.2 Å². The number of benzene rings is 3. The van der Waals surface area contributed by atoms with E-state index in [0.717, 1.165) is 85.9 Å². The highest BCUT2D eigenvalue weighted by molar-refractivity contribution is 7.92. The first-order valence-electron chi connectivity index (χ1n) is 17.7. The number of anilines is 4. The number of alkyl halides is 3. The van der Waals surface area contributed by atoms with Gasteiger partial charge in [-0.15, -0.1) is 0 Å². The Balaban J connectivity index is 0.000000629. The van der Waals surface area contributed by atoms with Crippen LogP contribution in [0.1, 0.15) is 12.0 Å². The molecule has 0 spiro atoms. The van der Waals surface area contributed by atoms with Crippen LogP contribution in [0.4, 0.5) is 36.3 Å². The number of carboxylic acids is 1. The zero-order valence-electron chi connectivity index (χ0n) is 30.1. The molecule has 4 aromatic rings. The average molecular weight is 804 g/mol. The van der Waals surface area contributed by atoms with Crippen molar-refractivity contribution in [2.45, 2.75) is 31.3 Å². The first-order valence-corrected chi connectivity index (χ1v) is 19.6. The quantitative estimate of drug-likeness (QED) is 0.183. The maximum Gasteiger partial charge on any atom is 0.490 e. The van der Waals surface area contributed by atoms with Crippen LogP contribution in [0.25, 0.3) is 10.9 Å². The molecule has 56 heavy (non-hydrogen) atoms. The van der Waals surface area contributed by atoms with E-state index in [1.807, 2.05) is 48.5 Å². The molecule has 3 aromatic carbocycles. The number of hydrogen-bond acceptors (Lipinski definition) is 15. The smallest absolute Gasteiger partial charge is 0.475 e. The Morgan fingerprint density at radius 3 is 2.36 bits per heavy atom. The molecular weight excluding hydrogens is 764 g/mol. The predicted octanol–water partition coefficient (Wildman–Crippen LogP) is 3.39. The van der Waals surface area contributed by atoms with Crippen LogP contribution in [0.5, 0.6) is 11.5 Å². The number of nitrogens with one attached hydrogen (secondary N) is 3. The van der Waals surface area contributed by atoms with Crippen molar-refractivity contribution in [3.63, 3.8) is 0 Å². The topological polar surface area (TPSA) is 183 Å². The monoisotopic (exact) mass is 803 g/mol. The second-order valence-corrected chi connectivity index (χ2v) is 15.2. The highest BCUT2D eigenvalue weighted by Crippen LogP contribution is 2.40. The lowest BCUT2D eigenvalue weighted by Crippen LogP contribution is -2.63. The Bertz CT molecular complexity index is 2110. The van der Waals surface area contributed by atoms with Crippen LogP contribution in [0, 0.1) is 0 Å². The lowest BCUT2D eigenvalue weighted by Gasteiger charge is -2.49. The van der Waals surface area contributed by atoms with Gasteiger partial charge in [-0.05, 0) is 48.4 Å². The molecular formula is C35H40F3N9O8S. The number of aliphatic carboxylic acids is 1. The number of hydroxylamine groups is 2. The maximum absolute atomic E-state index is 11.5. The number of rotatable bonds is 10. The van der Waals surface area contributed by atoms with Gasteiger partial charge in [0, 0.05) is 81.1 Å². The van der Waals surface area contributed by atoms with E-state index in [1.165, 1.54) is 5.23 Å². The molecule has 3 saturated heterocycles. The third-order valence-corrected chi connectivity index (χ3v) is 9.99. The number of piperazine rings is 1. The molecule has 5 heterocycles. The fraction of sp³-hybridized carbons (Fsp3) is 0.400. The van der Waals surface area contributed by atoms with Crippen molar-refractivity contribution in [1.82, 2.24) is 25.7 Å². The van der Waals surface area contributed by atoms with Gasteiger partial charge in [0.05, 0.1) is 23.6 Å². The average Bonchev–Trinajstić information content (AvgIpc) is 3.59. The van der Waals surface area contributed by atoms with Crippen molar-refractivity contribution in [1.29, 1.82) is 0 Å². The van der Waals surface area contributed by atoms with Gasteiger partial charge < -0.3 is 29.9 Å². The fourth-order valence-electron chi connectivity index (χ4n) is 6.47. The van der Waals surface area contributed by atoms with Crippen LogP contribution >= 0.6 is 0 Å². The predicted molar refractivity (Wildman–Crippen MR) is 198 cm³/mol. The molecule has 4 aliphatic rings. The number of carboxylic acid groups (broad SMARTS) is 1. The van der Waals surface area contributed by atoms with Gasteiger partial charge in [-0.2, -0.15) is 18.2 Å². The highest BCUT2D eigenvalue weighted by Gasteiger charge is 2.39. The Hall–Kier alpha value is -5.19. The van der Waals surface area contributed by atoms with E-state index in [2.05, 4.69) is 36.4 Å². The fourth-order valence-corrected chi connectivity index (χ4v) is 7.04. The standard InChI is InChI=1S/C33H39N9O6S.C2HF3O2/c1-49(43,44)37-24-8-6-23(7-9-24)12-14-34-32-27-4-2-3-5-28(27)35-33(36-32)40-17-15-39(16-18-40)26-21-41(22-26)25-10-11-29-30(20-25)48-42(47-29)31-13-19-45-38-46-31;3-2(4,5)1(6)7/h2-11,20,26,31,37-38H,12-19,21-22H2,1H3,(H,34,35,36);(H,6,7). The lowest BCUT2D eigenvalue weighted by molar-refractivity contribution is -0.376. The summed E-state index contributed by atoms with van der Waals surface area (Å²) >= 11 is 0. The van der Waals surface area contributed by atoms with E-state index in [1.54, 1.807) is 12.1 Å². The molecule has 3 fully saturated rings. The third kappa shape index (κ3) is 9.60. The summed E-state index contributed by atoms with van der Waals surface area (Å²) in [5, 5.41) is 13.0. The van der Waals surface area contributed by atoms with Gasteiger partial charge in [0.25, 0.3) is 0 Å². The van der Waals surface area contributed by atoms with E-state index in [4.69, 9.17) is 39.2 Å². The van der Waals surface area contributed by atoms with Crippen molar-refractivity contribution in [2.75, 3.05) is 78.5 Å². The Morgan fingerprint density at radius 1 is 0.964 bits per heavy atom. The molecule has 1 aromatic heterocycles. The van der Waals surface area contributed by atoms with Crippen LogP contribution in [-0.4, -0.2) is 117 Å². The first kappa shape index (κ1) is 39.1. The molecule has 0 bridgehead atoms. The van der Waals surface area contributed by atoms with Gasteiger partial charge in [0.1, 0.15) is 5.82 Å². The number of aromatic nitrogens is 2. The molecule has 8 rings (SSSR count). The Morgan fingerprint density at radius 2 is 1.68 bits per heavy atom. The number of sulfonamides is 1. The normalized spacial score (nSPS) is 19.2. The third-order valence-electron chi connectivity index (χ3n) is 9.39. The summed E-state index contributed by atoms with van der Waals surface area (Å²) in [5.41, 5.74) is 6.09. The summed E-state index contributed by atoms with van der Waals surface area (Å²) in [5.74, 6) is 0.136. The van der Waals surface area contributed by atoms with E-state index >= 15 is 0 Å². The highest BCUT2D eigenvalue weighted by atomic mass is 32.2. The van der Waals surface area contributed by atoms with E-state index in [-0.39, 0.29) is 0 Å². The molecule has 300 valence electrons. The van der Waals surface area contributed by atoms with Crippen molar-refractivity contribution in [2.24, 2.45) is 0 Å². The second-order valence-electron chi connectivity index (χ2n) is 13.4. The summed E-state index contributed by atoms with van der Waals surface area (Å²) in [6.07, 6.45) is -2.96. The summed E-state index contributed by atoms with van der Waals surface area (Å²) < 4.78 is 57.2. The Kier molecular flexibility index (Phi) is 11.5. The molecule has 21 heteroatoms. The van der Waals surface area contributed by atoms with Crippen molar-refractivity contribution in [3.8, 4) is 11.5 Å². The van der Waals surface area contributed by atoms with Crippen LogP contribution in [0.2, 0.25) is 0 Å². The van der Waals surface area contributed by atoms with Gasteiger partial charge in [0.15, 0.2) is 11.5 Å². The Labute approximate surface area is 319 Å². The molecule has 0 radical (unpaired) electrons. The number of halogens is 3. The van der Waals surface area contributed by atoms with Crippen molar-refractivity contribution >= 4 is 50.0 Å². The number of nitrogens with zero attached hydrogens (tertiary/aromatic N) is 6. The molecule has 1 atom stereocenters. The van der Waals surface area contributed by atoms with Crippen LogP contribution in [0.3, 0.4) is 0 Å². The van der Waals surface area contributed by atoms with Gasteiger partial charge in [-0.1, -0.05) is 29.9 Å². The summed E-state index contributed by atoms with van der Waals surface area (Å²) in [7, 11) is -3.30. The molecule has 0 aliphatic carbocycles. The molecule has 4 aliphatic heterocycles. The largest absolute Gasteiger partial charge is 0.490 e. The van der Waals surface area contributed by atoms with E-state index in [0.29, 0.717) is 42.8 Å². The van der Waals surface area contributed by atoms with Gasteiger partial charge in [0.2, 0.25) is 22.2 Å². The lowest BCUT2D eigenvalue weighted by atomic mass is 10.0. The minimum Gasteiger partial charge on any atom is -0.475 e. The zero-order valence-corrected chi connectivity index (χ0v) is 30.9. The zero-order chi connectivity index (χ0) is 39.5. The molecule has 0 saturated carbocycles. The number of fused-ring (bicyclic) bond motifs is 2. The maximum atomic E-state index is 11.5. The molecule has 4 N–H and O–H groups in total.